The molecule has 1 amide bonds. The van der Waals surface area contributed by atoms with E-state index >= 15 is 0 Å². The fourth-order valence-corrected chi connectivity index (χ4v) is 3.86. The monoisotopic (exact) mass is 325 g/mol. The largest absolute Gasteiger partial charge is 0.339 e. The molecule has 1 aliphatic heterocycles. The summed E-state index contributed by atoms with van der Waals surface area (Å²) in [6, 6.07) is 8.45. The molecule has 2 aliphatic rings. The summed E-state index contributed by atoms with van der Waals surface area (Å²) in [6.45, 7) is 2.78. The van der Waals surface area contributed by atoms with Gasteiger partial charge in [-0.1, -0.05) is 42.1 Å². The maximum Gasteiger partial charge on any atom is 0.257 e. The van der Waals surface area contributed by atoms with Crippen LogP contribution in [-0.4, -0.2) is 33.5 Å². The van der Waals surface area contributed by atoms with E-state index in [-0.39, 0.29) is 11.8 Å². The minimum Gasteiger partial charge on any atom is -0.339 e. The molecular formula is C19H23N3O2. The first-order valence-corrected chi connectivity index (χ1v) is 8.91. The molecule has 2 aromatic rings. The summed E-state index contributed by atoms with van der Waals surface area (Å²) >= 11 is 0. The second-order valence-electron chi connectivity index (χ2n) is 7.06. The van der Waals surface area contributed by atoms with Crippen LogP contribution < -0.4 is 0 Å². The first kappa shape index (κ1) is 15.4. The number of aryl methyl sites for hydroxylation is 1. The quantitative estimate of drug-likeness (QED) is 0.863. The summed E-state index contributed by atoms with van der Waals surface area (Å²) in [5.41, 5.74) is 2.12. The van der Waals surface area contributed by atoms with Crippen molar-refractivity contribution in [1.82, 2.24) is 15.0 Å². The van der Waals surface area contributed by atoms with Gasteiger partial charge in [0.1, 0.15) is 0 Å². The number of aromatic nitrogens is 2. The third kappa shape index (κ3) is 2.95. The Morgan fingerprint density at radius 2 is 1.88 bits per heavy atom. The van der Waals surface area contributed by atoms with Crippen molar-refractivity contribution < 1.29 is 9.32 Å². The van der Waals surface area contributed by atoms with Crippen molar-refractivity contribution in [2.24, 2.45) is 0 Å². The highest BCUT2D eigenvalue weighted by atomic mass is 16.5. The topological polar surface area (TPSA) is 59.2 Å². The highest BCUT2D eigenvalue weighted by Crippen LogP contribution is 2.33. The minimum atomic E-state index is 0.0578. The average Bonchev–Trinajstić information content (AvgIpc) is 3.23. The van der Waals surface area contributed by atoms with Crippen molar-refractivity contribution in [3.8, 4) is 11.5 Å². The minimum absolute atomic E-state index is 0.0578. The Bertz CT molecular complexity index is 716. The van der Waals surface area contributed by atoms with Gasteiger partial charge in [-0.25, -0.2) is 0 Å². The van der Waals surface area contributed by atoms with Gasteiger partial charge in [0.15, 0.2) is 5.82 Å². The van der Waals surface area contributed by atoms with Crippen LogP contribution in [0.3, 0.4) is 0 Å². The van der Waals surface area contributed by atoms with Crippen molar-refractivity contribution in [3.63, 3.8) is 0 Å². The summed E-state index contributed by atoms with van der Waals surface area (Å²) in [6.07, 6.45) is 6.55. The van der Waals surface area contributed by atoms with Crippen LogP contribution in [0.5, 0.6) is 0 Å². The predicted molar refractivity (Wildman–Crippen MR) is 90.4 cm³/mol. The van der Waals surface area contributed by atoms with Crippen LogP contribution in [0.2, 0.25) is 0 Å². The maximum absolute atomic E-state index is 12.4. The maximum atomic E-state index is 12.4. The highest BCUT2D eigenvalue weighted by Gasteiger charge is 2.37. The molecule has 4 rings (SSSR count). The van der Waals surface area contributed by atoms with Crippen molar-refractivity contribution in [2.45, 2.75) is 57.4 Å². The molecule has 24 heavy (non-hydrogen) atoms. The third-order valence-electron chi connectivity index (χ3n) is 5.28. The third-order valence-corrected chi connectivity index (χ3v) is 5.28. The van der Waals surface area contributed by atoms with Gasteiger partial charge < -0.3 is 9.42 Å². The van der Waals surface area contributed by atoms with Gasteiger partial charge in [-0.15, -0.1) is 0 Å². The van der Waals surface area contributed by atoms with Gasteiger partial charge in [0, 0.05) is 30.5 Å². The molecular weight excluding hydrogens is 302 g/mol. The smallest absolute Gasteiger partial charge is 0.257 e. The van der Waals surface area contributed by atoms with Crippen molar-refractivity contribution in [3.05, 3.63) is 35.7 Å². The summed E-state index contributed by atoms with van der Waals surface area (Å²) in [5.74, 6) is 1.50. The zero-order valence-corrected chi connectivity index (χ0v) is 14.1. The van der Waals surface area contributed by atoms with Crippen LogP contribution in [-0.2, 0) is 4.79 Å². The Kier molecular flexibility index (Phi) is 4.08. The molecule has 0 unspecified atom stereocenters. The van der Waals surface area contributed by atoms with Crippen LogP contribution in [0.15, 0.2) is 28.8 Å². The number of hydrogen-bond donors (Lipinski definition) is 0. The second-order valence-corrected chi connectivity index (χ2v) is 7.06. The molecule has 0 N–H and O–H groups in total. The molecule has 5 heteroatoms. The summed E-state index contributed by atoms with van der Waals surface area (Å²) in [7, 11) is 0. The van der Waals surface area contributed by atoms with Gasteiger partial charge in [-0.3, -0.25) is 4.79 Å². The van der Waals surface area contributed by atoms with Gasteiger partial charge >= 0.3 is 0 Å². The van der Waals surface area contributed by atoms with E-state index in [9.17, 15) is 4.79 Å². The molecule has 1 aromatic heterocycles. The van der Waals surface area contributed by atoms with Gasteiger partial charge in [-0.2, -0.15) is 4.98 Å². The van der Waals surface area contributed by atoms with Crippen LogP contribution >= 0.6 is 0 Å². The van der Waals surface area contributed by atoms with Gasteiger partial charge in [0.05, 0.1) is 0 Å². The molecule has 1 saturated carbocycles. The molecule has 2 heterocycles. The lowest BCUT2D eigenvalue weighted by Crippen LogP contribution is -2.37. The Labute approximate surface area is 142 Å². The molecule has 1 aromatic carbocycles. The van der Waals surface area contributed by atoms with E-state index in [2.05, 4.69) is 15.0 Å². The Morgan fingerprint density at radius 3 is 2.62 bits per heavy atom. The zero-order valence-electron chi connectivity index (χ0n) is 14.1. The van der Waals surface area contributed by atoms with E-state index in [1.807, 2.05) is 31.2 Å². The summed E-state index contributed by atoms with van der Waals surface area (Å²) in [5, 5.41) is 4.15. The standard InChI is InChI=1S/C19H23N3O2/c1-13-7-9-14(10-8-13)19-20-18(21-24-19)15-11-17(23)22(12-15)16-5-3-2-4-6-16/h7-10,15-16H,2-6,11-12H2,1H3/t15-/m0/s1. The van der Waals surface area contributed by atoms with Crippen LogP contribution in [0.4, 0.5) is 0 Å². The lowest BCUT2D eigenvalue weighted by atomic mass is 9.94. The molecule has 126 valence electrons. The first-order valence-electron chi connectivity index (χ1n) is 8.91. The number of carbonyl (C=O) groups excluding carboxylic acids is 1. The number of hydrogen-bond acceptors (Lipinski definition) is 4. The lowest BCUT2D eigenvalue weighted by Gasteiger charge is -2.31. The normalized spacial score (nSPS) is 22.3. The Morgan fingerprint density at radius 1 is 1.12 bits per heavy atom. The van der Waals surface area contributed by atoms with Crippen LogP contribution in [0.25, 0.3) is 11.5 Å². The van der Waals surface area contributed by atoms with Gasteiger partial charge in [-0.05, 0) is 31.9 Å². The molecule has 0 bridgehead atoms. The molecule has 2 fully saturated rings. The number of amides is 1. The number of benzene rings is 1. The predicted octanol–water partition coefficient (Wildman–Crippen LogP) is 3.69. The number of carbonyl (C=O) groups is 1. The average molecular weight is 325 g/mol. The molecule has 1 aliphatic carbocycles. The molecule has 1 atom stereocenters. The molecule has 5 nitrogen and oxygen atoms in total. The van der Waals surface area contributed by atoms with Crippen LogP contribution in [0.1, 0.15) is 55.8 Å². The van der Waals surface area contributed by atoms with E-state index in [0.717, 1.165) is 24.9 Å². The molecule has 1 saturated heterocycles. The van der Waals surface area contributed by atoms with E-state index in [1.54, 1.807) is 0 Å². The molecule has 0 radical (unpaired) electrons. The number of likely N-dealkylation sites (tertiary alicyclic amines) is 1. The zero-order chi connectivity index (χ0) is 16.5. The Balaban J connectivity index is 1.48. The lowest BCUT2D eigenvalue weighted by molar-refractivity contribution is -0.130. The Hall–Kier alpha value is -2.17. The number of rotatable bonds is 3. The highest BCUT2D eigenvalue weighted by molar-refractivity contribution is 5.80. The fraction of sp³-hybridized carbons (Fsp3) is 0.526. The van der Waals surface area contributed by atoms with E-state index in [0.29, 0.717) is 24.2 Å². The van der Waals surface area contributed by atoms with E-state index < -0.39 is 0 Å². The summed E-state index contributed by atoms with van der Waals surface area (Å²) in [4.78, 5) is 19.0. The van der Waals surface area contributed by atoms with Crippen LogP contribution in [0, 0.1) is 6.92 Å². The van der Waals surface area contributed by atoms with Crippen molar-refractivity contribution >= 4 is 5.91 Å². The first-order chi connectivity index (χ1) is 11.7. The van der Waals surface area contributed by atoms with Crippen molar-refractivity contribution in [2.75, 3.05) is 6.54 Å². The SMILES string of the molecule is Cc1ccc(-c2nc([C@H]3CC(=O)N(C4CCCCC4)C3)no2)cc1. The fourth-order valence-electron chi connectivity index (χ4n) is 3.86. The second kappa shape index (κ2) is 6.38. The molecule has 0 spiro atoms. The van der Waals surface area contributed by atoms with Gasteiger partial charge in [0.2, 0.25) is 5.91 Å². The number of nitrogens with zero attached hydrogens (tertiary/aromatic N) is 3. The van der Waals surface area contributed by atoms with E-state index in [1.165, 1.54) is 24.8 Å². The summed E-state index contributed by atoms with van der Waals surface area (Å²) < 4.78 is 5.43. The van der Waals surface area contributed by atoms with Crippen molar-refractivity contribution in [1.29, 1.82) is 0 Å². The van der Waals surface area contributed by atoms with Gasteiger partial charge in [0.25, 0.3) is 5.89 Å². The van der Waals surface area contributed by atoms with E-state index in [4.69, 9.17) is 4.52 Å².